The third kappa shape index (κ3) is 1.75. The van der Waals surface area contributed by atoms with E-state index in [1.165, 1.54) is 0 Å². The minimum Gasteiger partial charge on any atom is -0.396 e. The van der Waals surface area contributed by atoms with Crippen LogP contribution in [0, 0.1) is 6.33 Å². The molecule has 0 saturated heterocycles. The van der Waals surface area contributed by atoms with E-state index in [1.54, 1.807) is 17.0 Å². The van der Waals surface area contributed by atoms with E-state index in [4.69, 9.17) is 0 Å². The molecule has 0 aliphatic heterocycles. The average molecular weight is 387 g/mol. The molecular formula is C11H7IrN4-. The van der Waals surface area contributed by atoms with Crippen LogP contribution in [0.1, 0.15) is 0 Å². The molecule has 3 heterocycles. The zero-order valence-electron chi connectivity index (χ0n) is 8.16. The van der Waals surface area contributed by atoms with E-state index in [0.717, 1.165) is 17.0 Å². The summed E-state index contributed by atoms with van der Waals surface area (Å²) in [5, 5.41) is 0. The maximum atomic E-state index is 4.25. The third-order valence-corrected chi connectivity index (χ3v) is 2.13. The standard InChI is InChI=1S/C11H7N4.Ir/c1-2-6-12-10(5-1)15-8-14-9-4-3-7-13-11(9)15;/h1-7H;/q-1;. The first kappa shape index (κ1) is 10.9. The van der Waals surface area contributed by atoms with Gasteiger partial charge in [-0.1, -0.05) is 24.3 Å². The van der Waals surface area contributed by atoms with Crippen molar-refractivity contribution in [2.24, 2.45) is 0 Å². The first-order valence-corrected chi connectivity index (χ1v) is 4.58. The minimum absolute atomic E-state index is 0. The fourth-order valence-corrected chi connectivity index (χ4v) is 1.45. The molecule has 4 nitrogen and oxygen atoms in total. The molecule has 3 rings (SSSR count). The van der Waals surface area contributed by atoms with E-state index < -0.39 is 0 Å². The number of aromatic nitrogens is 4. The van der Waals surface area contributed by atoms with E-state index in [1.807, 2.05) is 30.3 Å². The summed E-state index contributed by atoms with van der Waals surface area (Å²) in [6.45, 7) is 0. The van der Waals surface area contributed by atoms with Crippen LogP contribution >= 0.6 is 0 Å². The van der Waals surface area contributed by atoms with Crippen LogP contribution in [-0.4, -0.2) is 19.5 Å². The smallest absolute Gasteiger partial charge is 0.0563 e. The molecule has 0 bridgehead atoms. The Bertz CT molecular complexity index is 591. The molecule has 0 aliphatic rings. The molecule has 1 radical (unpaired) electrons. The van der Waals surface area contributed by atoms with Gasteiger partial charge in [0.2, 0.25) is 0 Å². The van der Waals surface area contributed by atoms with Gasteiger partial charge in [-0.15, -0.1) is 0 Å². The summed E-state index contributed by atoms with van der Waals surface area (Å²) in [4.78, 5) is 12.6. The Labute approximate surface area is 106 Å². The van der Waals surface area contributed by atoms with Crippen LogP contribution in [-0.2, 0) is 20.1 Å². The second kappa shape index (κ2) is 4.51. The maximum absolute atomic E-state index is 4.25. The summed E-state index contributed by atoms with van der Waals surface area (Å²) >= 11 is 0. The summed E-state index contributed by atoms with van der Waals surface area (Å²) in [6.07, 6.45) is 6.34. The van der Waals surface area contributed by atoms with Crippen LogP contribution in [0.3, 0.4) is 0 Å². The number of hydrogen-bond donors (Lipinski definition) is 0. The van der Waals surface area contributed by atoms with Gasteiger partial charge in [-0.3, -0.25) is 9.97 Å². The van der Waals surface area contributed by atoms with E-state index in [0.29, 0.717) is 0 Å². The quantitative estimate of drug-likeness (QED) is 0.596. The van der Waals surface area contributed by atoms with Crippen molar-refractivity contribution in [2.75, 3.05) is 0 Å². The molecule has 0 fully saturated rings. The molecule has 0 spiro atoms. The Hall–Kier alpha value is -1.58. The van der Waals surface area contributed by atoms with E-state index in [2.05, 4.69) is 21.3 Å². The van der Waals surface area contributed by atoms with Crippen molar-refractivity contribution < 1.29 is 20.1 Å². The first-order chi connectivity index (χ1) is 7.45. The van der Waals surface area contributed by atoms with Gasteiger partial charge >= 0.3 is 0 Å². The molecule has 16 heavy (non-hydrogen) atoms. The number of hydrogen-bond acceptors (Lipinski definition) is 3. The minimum atomic E-state index is 0. The van der Waals surface area contributed by atoms with Gasteiger partial charge in [0.25, 0.3) is 0 Å². The predicted molar refractivity (Wildman–Crippen MR) is 55.5 cm³/mol. The van der Waals surface area contributed by atoms with Crippen molar-refractivity contribution in [1.82, 2.24) is 19.5 Å². The second-order valence-corrected chi connectivity index (χ2v) is 3.08. The Morgan fingerprint density at radius 3 is 2.69 bits per heavy atom. The molecule has 0 aromatic carbocycles. The second-order valence-electron chi connectivity index (χ2n) is 3.08. The van der Waals surface area contributed by atoms with Crippen LogP contribution in [0.2, 0.25) is 0 Å². The van der Waals surface area contributed by atoms with E-state index in [-0.39, 0.29) is 20.1 Å². The monoisotopic (exact) mass is 388 g/mol. The summed E-state index contributed by atoms with van der Waals surface area (Å²) < 4.78 is 1.75. The van der Waals surface area contributed by atoms with Crippen molar-refractivity contribution in [2.45, 2.75) is 0 Å². The van der Waals surface area contributed by atoms with Crippen LogP contribution in [0.25, 0.3) is 17.0 Å². The summed E-state index contributed by atoms with van der Waals surface area (Å²) in [7, 11) is 0. The molecule has 0 amide bonds. The SMILES string of the molecule is [Ir].[c-]1nc2cccnc2n1-c1ccccn1. The molecule has 0 saturated carbocycles. The number of fused-ring (bicyclic) bond motifs is 1. The van der Waals surface area contributed by atoms with Crippen molar-refractivity contribution in [3.8, 4) is 5.82 Å². The fourth-order valence-electron chi connectivity index (χ4n) is 1.45. The van der Waals surface area contributed by atoms with Gasteiger partial charge in [-0.05, 0) is 11.6 Å². The molecule has 0 aliphatic carbocycles. The molecule has 0 unspecified atom stereocenters. The molecular weight excluding hydrogens is 380 g/mol. The molecule has 3 aromatic heterocycles. The van der Waals surface area contributed by atoms with Crippen LogP contribution in [0.4, 0.5) is 0 Å². The molecule has 0 atom stereocenters. The molecule has 81 valence electrons. The van der Waals surface area contributed by atoms with Crippen LogP contribution in [0.5, 0.6) is 0 Å². The van der Waals surface area contributed by atoms with Crippen LogP contribution in [0.15, 0.2) is 42.7 Å². The summed E-state index contributed by atoms with van der Waals surface area (Å²) in [5.74, 6) is 0.777. The summed E-state index contributed by atoms with van der Waals surface area (Å²) in [5.41, 5.74) is 1.60. The van der Waals surface area contributed by atoms with Gasteiger partial charge in [0.1, 0.15) is 0 Å². The Morgan fingerprint density at radius 1 is 1.00 bits per heavy atom. The molecule has 3 aromatic rings. The Kier molecular flexibility index (Phi) is 3.08. The van der Waals surface area contributed by atoms with Gasteiger partial charge in [0.15, 0.2) is 0 Å². The maximum Gasteiger partial charge on any atom is 0.0563 e. The van der Waals surface area contributed by atoms with Gasteiger partial charge in [0, 0.05) is 44.5 Å². The zero-order valence-corrected chi connectivity index (χ0v) is 10.6. The van der Waals surface area contributed by atoms with Crippen molar-refractivity contribution in [3.63, 3.8) is 0 Å². The normalized spacial score (nSPS) is 10.0. The topological polar surface area (TPSA) is 43.6 Å². The number of imidazole rings is 1. The van der Waals surface area contributed by atoms with Crippen molar-refractivity contribution >= 4 is 11.2 Å². The number of rotatable bonds is 1. The van der Waals surface area contributed by atoms with E-state index >= 15 is 0 Å². The molecule has 5 heteroatoms. The van der Waals surface area contributed by atoms with Gasteiger partial charge < -0.3 is 9.55 Å². The zero-order chi connectivity index (χ0) is 10.1. The average Bonchev–Trinajstić information content (AvgIpc) is 2.74. The van der Waals surface area contributed by atoms with E-state index in [9.17, 15) is 0 Å². The first-order valence-electron chi connectivity index (χ1n) is 4.58. The third-order valence-electron chi connectivity index (χ3n) is 2.13. The predicted octanol–water partition coefficient (Wildman–Crippen LogP) is 1.61. The van der Waals surface area contributed by atoms with Crippen LogP contribution < -0.4 is 0 Å². The number of nitrogens with zero attached hydrogens (tertiary/aromatic N) is 4. The Morgan fingerprint density at radius 2 is 1.88 bits per heavy atom. The largest absolute Gasteiger partial charge is 0.396 e. The van der Waals surface area contributed by atoms with Crippen molar-refractivity contribution in [1.29, 1.82) is 0 Å². The number of pyridine rings is 2. The van der Waals surface area contributed by atoms with Gasteiger partial charge in [-0.25, -0.2) is 0 Å². The van der Waals surface area contributed by atoms with Crippen molar-refractivity contribution in [3.05, 3.63) is 49.1 Å². The van der Waals surface area contributed by atoms with Gasteiger partial charge in [-0.2, -0.15) is 0 Å². The fraction of sp³-hybridized carbons (Fsp3) is 0. The van der Waals surface area contributed by atoms with Gasteiger partial charge in [0.05, 0.1) is 5.82 Å². The summed E-state index contributed by atoms with van der Waals surface area (Å²) in [6, 6.07) is 9.44. The Balaban J connectivity index is 0.000000963. The molecule has 0 N–H and O–H groups in total.